The molecule has 2 unspecified atom stereocenters. The molecule has 0 aromatic carbocycles. The summed E-state index contributed by atoms with van der Waals surface area (Å²) in [6.45, 7) is 15.9. The van der Waals surface area contributed by atoms with Crippen LogP contribution in [-0.4, -0.2) is 73.2 Å². The van der Waals surface area contributed by atoms with Crippen molar-refractivity contribution in [2.24, 2.45) is 0 Å². The highest BCUT2D eigenvalue weighted by molar-refractivity contribution is 5.76. The summed E-state index contributed by atoms with van der Waals surface area (Å²) in [5.74, 6) is -0.127. The lowest BCUT2D eigenvalue weighted by Gasteiger charge is -2.28. The number of hydrogen-bond acceptors (Lipinski definition) is 5. The lowest BCUT2D eigenvalue weighted by Crippen LogP contribution is -2.49. The Morgan fingerprint density at radius 1 is 1.33 bits per heavy atom. The Labute approximate surface area is 130 Å². The molecule has 0 aromatic rings. The van der Waals surface area contributed by atoms with E-state index < -0.39 is 0 Å². The maximum atomic E-state index is 12.1. The third-order valence-electron chi connectivity index (χ3n) is 4.12. The second-order valence-electron chi connectivity index (χ2n) is 6.05. The van der Waals surface area contributed by atoms with Gasteiger partial charge in [0.05, 0.1) is 6.61 Å². The van der Waals surface area contributed by atoms with Crippen molar-refractivity contribution in [1.29, 1.82) is 0 Å². The zero-order valence-electron chi connectivity index (χ0n) is 14.4. The molecule has 1 heterocycles. The molecule has 0 aliphatic carbocycles. The van der Waals surface area contributed by atoms with Crippen LogP contribution in [0.1, 0.15) is 41.0 Å². The number of nitrogens with zero attached hydrogens (tertiary/aromatic N) is 2. The quantitative estimate of drug-likeness (QED) is 0.651. The van der Waals surface area contributed by atoms with E-state index in [-0.39, 0.29) is 18.1 Å². The van der Waals surface area contributed by atoms with Gasteiger partial charge in [-0.05, 0) is 33.0 Å². The van der Waals surface area contributed by atoms with Gasteiger partial charge in [0.25, 0.3) is 0 Å². The number of ether oxygens (including phenoxy) is 1. The van der Waals surface area contributed by atoms with E-state index in [2.05, 4.69) is 42.8 Å². The van der Waals surface area contributed by atoms with Crippen molar-refractivity contribution < 1.29 is 9.53 Å². The summed E-state index contributed by atoms with van der Waals surface area (Å²) >= 11 is 0. The largest absolute Gasteiger partial charge is 0.465 e. The molecule has 0 spiro atoms. The van der Waals surface area contributed by atoms with E-state index >= 15 is 0 Å². The summed E-state index contributed by atoms with van der Waals surface area (Å²) in [7, 11) is 0. The van der Waals surface area contributed by atoms with Crippen molar-refractivity contribution >= 4 is 5.97 Å². The Hall–Kier alpha value is -0.650. The van der Waals surface area contributed by atoms with Gasteiger partial charge in [0.2, 0.25) is 0 Å². The molecule has 2 atom stereocenters. The number of carbonyl (C=O) groups is 1. The Morgan fingerprint density at radius 2 is 2.00 bits per heavy atom. The molecular formula is C16H33N3O2. The predicted molar refractivity (Wildman–Crippen MR) is 86.5 cm³/mol. The molecule has 1 saturated heterocycles. The van der Waals surface area contributed by atoms with E-state index in [4.69, 9.17) is 4.74 Å². The first kappa shape index (κ1) is 18.4. The van der Waals surface area contributed by atoms with Crippen LogP contribution in [0.4, 0.5) is 0 Å². The van der Waals surface area contributed by atoms with Crippen LogP contribution in [0.3, 0.4) is 0 Å². The van der Waals surface area contributed by atoms with Gasteiger partial charge >= 0.3 is 5.97 Å². The Kier molecular flexibility index (Phi) is 8.22. The SMILES string of the molecule is CCOC(=O)C(CN1CCC(N(CC)CC)C1)NC(C)C. The molecular weight excluding hydrogens is 266 g/mol. The number of likely N-dealkylation sites (tertiary alicyclic amines) is 1. The summed E-state index contributed by atoms with van der Waals surface area (Å²) in [6.07, 6.45) is 1.19. The minimum atomic E-state index is -0.222. The second kappa shape index (κ2) is 9.38. The molecule has 0 bridgehead atoms. The zero-order chi connectivity index (χ0) is 15.8. The maximum absolute atomic E-state index is 12.1. The van der Waals surface area contributed by atoms with Crippen LogP contribution in [0.5, 0.6) is 0 Å². The molecule has 21 heavy (non-hydrogen) atoms. The van der Waals surface area contributed by atoms with Gasteiger partial charge in [-0.2, -0.15) is 0 Å². The lowest BCUT2D eigenvalue weighted by molar-refractivity contribution is -0.146. The number of carbonyl (C=O) groups excluding carboxylic acids is 1. The normalized spacial score (nSPS) is 21.2. The predicted octanol–water partition coefficient (Wildman–Crippen LogP) is 1.33. The van der Waals surface area contributed by atoms with Gasteiger partial charge < -0.3 is 10.1 Å². The standard InChI is InChI=1S/C16H33N3O2/c1-6-19(7-2)14-9-10-18(11-14)12-15(17-13(4)5)16(20)21-8-3/h13-15,17H,6-12H2,1-5H3. The van der Waals surface area contributed by atoms with Crippen LogP contribution in [0, 0.1) is 0 Å². The summed E-state index contributed by atoms with van der Waals surface area (Å²) in [4.78, 5) is 17.0. The van der Waals surface area contributed by atoms with Gasteiger partial charge in [0.1, 0.15) is 6.04 Å². The number of likely N-dealkylation sites (N-methyl/N-ethyl adjacent to an activating group) is 1. The van der Waals surface area contributed by atoms with Crippen LogP contribution in [0.2, 0.25) is 0 Å². The first-order chi connectivity index (χ1) is 10.0. The topological polar surface area (TPSA) is 44.8 Å². The van der Waals surface area contributed by atoms with Gasteiger partial charge in [-0.25, -0.2) is 0 Å². The average molecular weight is 299 g/mol. The molecule has 0 radical (unpaired) electrons. The van der Waals surface area contributed by atoms with Crippen molar-refractivity contribution in [3.8, 4) is 0 Å². The van der Waals surface area contributed by atoms with E-state index in [0.717, 1.165) is 32.7 Å². The molecule has 1 aliphatic heterocycles. The molecule has 1 fully saturated rings. The Bertz CT molecular complexity index is 306. The van der Waals surface area contributed by atoms with E-state index in [1.54, 1.807) is 0 Å². The Balaban J connectivity index is 2.53. The highest BCUT2D eigenvalue weighted by Gasteiger charge is 2.30. The number of hydrogen-bond donors (Lipinski definition) is 1. The van der Waals surface area contributed by atoms with Crippen LogP contribution in [0.15, 0.2) is 0 Å². The molecule has 0 aromatic heterocycles. The summed E-state index contributed by atoms with van der Waals surface area (Å²) in [5.41, 5.74) is 0. The van der Waals surface area contributed by atoms with Gasteiger partial charge in [0.15, 0.2) is 0 Å². The van der Waals surface area contributed by atoms with Crippen LogP contribution in [-0.2, 0) is 9.53 Å². The monoisotopic (exact) mass is 299 g/mol. The van der Waals surface area contributed by atoms with Crippen molar-refractivity contribution in [1.82, 2.24) is 15.1 Å². The van der Waals surface area contributed by atoms with Crippen molar-refractivity contribution in [3.05, 3.63) is 0 Å². The molecule has 0 amide bonds. The van der Waals surface area contributed by atoms with E-state index in [1.165, 1.54) is 6.42 Å². The molecule has 1 aliphatic rings. The fourth-order valence-corrected chi connectivity index (χ4v) is 3.11. The van der Waals surface area contributed by atoms with E-state index in [9.17, 15) is 4.79 Å². The average Bonchev–Trinajstić information content (AvgIpc) is 2.88. The van der Waals surface area contributed by atoms with Gasteiger partial charge in [0, 0.05) is 25.2 Å². The fraction of sp³-hybridized carbons (Fsp3) is 0.938. The van der Waals surface area contributed by atoms with Crippen LogP contribution in [0.25, 0.3) is 0 Å². The number of esters is 1. The van der Waals surface area contributed by atoms with Crippen LogP contribution < -0.4 is 5.32 Å². The molecule has 1 N–H and O–H groups in total. The molecule has 5 heteroatoms. The first-order valence-corrected chi connectivity index (χ1v) is 8.40. The third-order valence-corrected chi connectivity index (χ3v) is 4.12. The Morgan fingerprint density at radius 3 is 2.52 bits per heavy atom. The van der Waals surface area contributed by atoms with E-state index in [0.29, 0.717) is 12.6 Å². The molecule has 0 saturated carbocycles. The smallest absolute Gasteiger partial charge is 0.324 e. The molecule has 124 valence electrons. The van der Waals surface area contributed by atoms with Gasteiger partial charge in [-0.1, -0.05) is 27.7 Å². The number of nitrogens with one attached hydrogen (secondary N) is 1. The van der Waals surface area contributed by atoms with Crippen molar-refractivity contribution in [2.75, 3.05) is 39.3 Å². The van der Waals surface area contributed by atoms with Gasteiger partial charge in [-0.15, -0.1) is 0 Å². The minimum Gasteiger partial charge on any atom is -0.465 e. The lowest BCUT2D eigenvalue weighted by atomic mass is 10.2. The van der Waals surface area contributed by atoms with Crippen molar-refractivity contribution in [3.63, 3.8) is 0 Å². The van der Waals surface area contributed by atoms with Crippen molar-refractivity contribution in [2.45, 2.75) is 59.2 Å². The number of rotatable bonds is 9. The van der Waals surface area contributed by atoms with Gasteiger partial charge in [-0.3, -0.25) is 14.6 Å². The summed E-state index contributed by atoms with van der Waals surface area (Å²) < 4.78 is 5.19. The highest BCUT2D eigenvalue weighted by atomic mass is 16.5. The first-order valence-electron chi connectivity index (χ1n) is 8.40. The zero-order valence-corrected chi connectivity index (χ0v) is 14.4. The maximum Gasteiger partial charge on any atom is 0.324 e. The summed E-state index contributed by atoms with van der Waals surface area (Å²) in [6, 6.07) is 0.683. The third kappa shape index (κ3) is 5.93. The molecule has 1 rings (SSSR count). The molecule has 5 nitrogen and oxygen atoms in total. The minimum absolute atomic E-state index is 0.127. The second-order valence-corrected chi connectivity index (χ2v) is 6.05. The fourth-order valence-electron chi connectivity index (χ4n) is 3.11. The van der Waals surface area contributed by atoms with E-state index in [1.807, 2.05) is 6.92 Å². The van der Waals surface area contributed by atoms with Crippen LogP contribution >= 0.6 is 0 Å². The highest BCUT2D eigenvalue weighted by Crippen LogP contribution is 2.16. The summed E-state index contributed by atoms with van der Waals surface area (Å²) in [5, 5.41) is 3.33.